The number of methoxy groups -OCH3 is 1. The Hall–Kier alpha value is -1.12. The summed E-state index contributed by atoms with van der Waals surface area (Å²) in [5.74, 6) is -0.257. The van der Waals surface area contributed by atoms with Gasteiger partial charge >= 0.3 is 0 Å². The number of carbonyl (C=O) groups excluding carboxylic acids is 1. The second kappa shape index (κ2) is 9.12. The Morgan fingerprint density at radius 2 is 2.14 bits per heavy atom. The molecule has 0 fully saturated rings. The van der Waals surface area contributed by atoms with Crippen LogP contribution in [0.2, 0.25) is 0 Å². The van der Waals surface area contributed by atoms with Crippen molar-refractivity contribution in [2.24, 2.45) is 5.73 Å². The molecule has 22 heavy (non-hydrogen) atoms. The molecule has 1 heterocycles. The first-order chi connectivity index (χ1) is 10.1. The van der Waals surface area contributed by atoms with Crippen molar-refractivity contribution >= 4 is 47.1 Å². The van der Waals surface area contributed by atoms with E-state index in [1.165, 1.54) is 7.11 Å². The summed E-state index contributed by atoms with van der Waals surface area (Å²) in [6.45, 7) is 2.17. The van der Waals surface area contributed by atoms with Gasteiger partial charge < -0.3 is 15.8 Å². The number of anilines is 1. The average molecular weight is 360 g/mol. The van der Waals surface area contributed by atoms with Gasteiger partial charge in [-0.1, -0.05) is 11.8 Å². The highest BCUT2D eigenvalue weighted by atomic mass is 35.5. The number of nitrogens with two attached hydrogens (primary N) is 1. The number of hydrogen-bond acceptors (Lipinski definition) is 6. The molecule has 1 atom stereocenters. The summed E-state index contributed by atoms with van der Waals surface area (Å²) in [7, 11) is 1.51. The lowest BCUT2D eigenvalue weighted by molar-refractivity contribution is -0.118. The summed E-state index contributed by atoms with van der Waals surface area (Å²) in [6, 6.07) is 6.92. The van der Waals surface area contributed by atoms with E-state index in [9.17, 15) is 4.79 Å². The number of amides is 1. The first kappa shape index (κ1) is 18.9. The second-order valence-electron chi connectivity index (χ2n) is 4.43. The van der Waals surface area contributed by atoms with Crippen LogP contribution in [0, 0.1) is 6.92 Å². The van der Waals surface area contributed by atoms with Crippen molar-refractivity contribution in [2.45, 2.75) is 22.2 Å². The largest absolute Gasteiger partial charge is 0.383 e. The highest BCUT2D eigenvalue weighted by molar-refractivity contribution is 8.01. The molecule has 1 aromatic carbocycles. The van der Waals surface area contributed by atoms with E-state index >= 15 is 0 Å². The van der Waals surface area contributed by atoms with Crippen LogP contribution in [0.15, 0.2) is 38.9 Å². The number of nitrogens with one attached hydrogen (secondary N) is 1. The maximum absolute atomic E-state index is 11.8. The van der Waals surface area contributed by atoms with Crippen molar-refractivity contribution in [3.05, 3.63) is 35.3 Å². The number of rotatable bonds is 6. The van der Waals surface area contributed by atoms with E-state index in [1.54, 1.807) is 23.1 Å². The van der Waals surface area contributed by atoms with Gasteiger partial charge in [-0.25, -0.2) is 4.98 Å². The van der Waals surface area contributed by atoms with Crippen LogP contribution in [0.3, 0.4) is 0 Å². The van der Waals surface area contributed by atoms with Gasteiger partial charge in [0, 0.05) is 28.8 Å². The number of benzene rings is 1. The predicted octanol–water partition coefficient (Wildman–Crippen LogP) is 2.94. The molecule has 2 rings (SSSR count). The van der Waals surface area contributed by atoms with Gasteiger partial charge in [0.25, 0.3) is 0 Å². The fraction of sp³-hybridized carbons (Fsp3) is 0.286. The Morgan fingerprint density at radius 3 is 2.68 bits per heavy atom. The molecule has 2 aromatic rings. The van der Waals surface area contributed by atoms with Crippen molar-refractivity contribution in [1.29, 1.82) is 0 Å². The predicted molar refractivity (Wildman–Crippen MR) is 93.1 cm³/mol. The fourth-order valence-corrected chi connectivity index (χ4v) is 3.39. The standard InChI is InChI=1S/C14H17N3O2S2.ClH/c1-9-8-20-14(16-9)21-11-5-3-10(4-6-11)17-13(18)12(15)7-19-2;/h3-6,8,12H,7,15H2,1-2H3,(H,17,18);1H. The third kappa shape index (κ3) is 5.58. The van der Waals surface area contributed by atoms with Gasteiger partial charge in [-0.2, -0.15) is 0 Å². The normalized spacial score (nSPS) is 11.6. The molecule has 0 aliphatic heterocycles. The lowest BCUT2D eigenvalue weighted by Gasteiger charge is -2.11. The van der Waals surface area contributed by atoms with Crippen molar-refractivity contribution in [2.75, 3.05) is 19.0 Å². The van der Waals surface area contributed by atoms with Crippen LogP contribution in [0.4, 0.5) is 5.69 Å². The molecule has 1 amide bonds. The molecule has 0 bridgehead atoms. The molecule has 0 spiro atoms. The number of aryl methyl sites for hydroxylation is 1. The topological polar surface area (TPSA) is 77.2 Å². The van der Waals surface area contributed by atoms with Crippen LogP contribution in [-0.4, -0.2) is 30.6 Å². The Labute approximate surface area is 144 Å². The van der Waals surface area contributed by atoms with E-state index in [2.05, 4.69) is 10.3 Å². The van der Waals surface area contributed by atoms with Gasteiger partial charge in [0.2, 0.25) is 5.91 Å². The zero-order valence-electron chi connectivity index (χ0n) is 12.2. The van der Waals surface area contributed by atoms with E-state index in [0.29, 0.717) is 5.69 Å². The first-order valence-electron chi connectivity index (χ1n) is 6.34. The van der Waals surface area contributed by atoms with Crippen molar-refractivity contribution < 1.29 is 9.53 Å². The minimum Gasteiger partial charge on any atom is -0.383 e. The summed E-state index contributed by atoms with van der Waals surface area (Å²) < 4.78 is 5.86. The number of halogens is 1. The van der Waals surface area contributed by atoms with Crippen LogP contribution in [0.5, 0.6) is 0 Å². The van der Waals surface area contributed by atoms with Crippen molar-refractivity contribution in [3.8, 4) is 0 Å². The zero-order valence-corrected chi connectivity index (χ0v) is 14.7. The molecule has 0 radical (unpaired) electrons. The number of ether oxygens (including phenoxy) is 1. The smallest absolute Gasteiger partial charge is 0.243 e. The second-order valence-corrected chi connectivity index (χ2v) is 6.61. The van der Waals surface area contributed by atoms with Gasteiger partial charge in [-0.05, 0) is 31.2 Å². The zero-order chi connectivity index (χ0) is 15.2. The minimum atomic E-state index is -0.664. The number of hydrogen-bond donors (Lipinski definition) is 2. The van der Waals surface area contributed by atoms with Crippen LogP contribution < -0.4 is 11.1 Å². The van der Waals surface area contributed by atoms with Crippen molar-refractivity contribution in [1.82, 2.24) is 4.98 Å². The number of aromatic nitrogens is 1. The molecule has 5 nitrogen and oxygen atoms in total. The number of nitrogens with zero attached hydrogens (tertiary/aromatic N) is 1. The SMILES string of the molecule is COCC(N)C(=O)Nc1ccc(Sc2nc(C)cs2)cc1.Cl. The molecule has 3 N–H and O–H groups in total. The molecule has 1 aromatic heterocycles. The Kier molecular flexibility index (Phi) is 7.84. The molecule has 8 heteroatoms. The van der Waals surface area contributed by atoms with Gasteiger partial charge in [0.05, 0.1) is 6.61 Å². The van der Waals surface area contributed by atoms with Crippen molar-refractivity contribution in [3.63, 3.8) is 0 Å². The van der Waals surface area contributed by atoms with Crippen LogP contribution in [0.1, 0.15) is 5.69 Å². The maximum atomic E-state index is 11.8. The van der Waals surface area contributed by atoms with E-state index in [-0.39, 0.29) is 24.9 Å². The number of carbonyl (C=O) groups is 1. The Bertz CT molecular complexity index is 604. The third-order valence-electron chi connectivity index (χ3n) is 2.61. The Morgan fingerprint density at radius 1 is 1.45 bits per heavy atom. The van der Waals surface area contributed by atoms with Gasteiger partial charge in [0.1, 0.15) is 6.04 Å². The highest BCUT2D eigenvalue weighted by Gasteiger charge is 2.13. The summed E-state index contributed by atoms with van der Waals surface area (Å²) >= 11 is 3.22. The van der Waals surface area contributed by atoms with Gasteiger partial charge in [-0.3, -0.25) is 4.79 Å². The van der Waals surface area contributed by atoms with E-state index in [0.717, 1.165) is 14.9 Å². The van der Waals surface area contributed by atoms with Gasteiger partial charge in [-0.15, -0.1) is 23.7 Å². The highest BCUT2D eigenvalue weighted by Crippen LogP contribution is 2.30. The summed E-state index contributed by atoms with van der Waals surface area (Å²) in [4.78, 5) is 17.2. The first-order valence-corrected chi connectivity index (χ1v) is 8.03. The molecule has 0 saturated carbocycles. The lowest BCUT2D eigenvalue weighted by atomic mass is 10.2. The average Bonchev–Trinajstić information content (AvgIpc) is 2.86. The van der Waals surface area contributed by atoms with E-state index in [1.807, 2.05) is 36.6 Å². The monoisotopic (exact) mass is 359 g/mol. The summed E-state index contributed by atoms with van der Waals surface area (Å²) in [5, 5.41) is 4.78. The summed E-state index contributed by atoms with van der Waals surface area (Å²) in [6.07, 6.45) is 0. The lowest BCUT2D eigenvalue weighted by Crippen LogP contribution is -2.39. The van der Waals surface area contributed by atoms with Crippen LogP contribution >= 0.6 is 35.5 Å². The van der Waals surface area contributed by atoms with E-state index < -0.39 is 6.04 Å². The minimum absolute atomic E-state index is 0. The maximum Gasteiger partial charge on any atom is 0.243 e. The number of thiazole rings is 1. The molecule has 1 unspecified atom stereocenters. The molecule has 0 aliphatic rings. The van der Waals surface area contributed by atoms with Gasteiger partial charge in [0.15, 0.2) is 4.34 Å². The summed E-state index contributed by atoms with van der Waals surface area (Å²) in [5.41, 5.74) is 7.40. The molecular weight excluding hydrogens is 342 g/mol. The molecule has 0 aliphatic carbocycles. The quantitative estimate of drug-likeness (QED) is 0.829. The molecule has 120 valence electrons. The fourth-order valence-electron chi connectivity index (χ4n) is 1.58. The third-order valence-corrected chi connectivity index (χ3v) is 4.67. The van der Waals surface area contributed by atoms with E-state index in [4.69, 9.17) is 10.5 Å². The Balaban J connectivity index is 0.00000242. The van der Waals surface area contributed by atoms with Crippen LogP contribution in [0.25, 0.3) is 0 Å². The molecule has 0 saturated heterocycles. The molecular formula is C14H18ClN3O2S2. The van der Waals surface area contributed by atoms with Crippen LogP contribution in [-0.2, 0) is 9.53 Å².